The van der Waals surface area contributed by atoms with Crippen molar-refractivity contribution in [3.8, 4) is 11.5 Å². The molecule has 0 aliphatic carbocycles. The van der Waals surface area contributed by atoms with E-state index in [2.05, 4.69) is 24.5 Å². The standard InChI is InChI=1S/C30H34N4O5/c1-19(2)18-34-28(30(36)39-5)27(33-26(35)14-20-9-7-6-8-10-20)23-15-22(17-32-29(23)34)31-16-21-11-12-24(37-3)25(13-21)38-4/h6-13,15,17,19,31H,14,16,18H2,1-5H3,(H,33,35). The van der Waals surface area contributed by atoms with E-state index < -0.39 is 5.97 Å². The Morgan fingerprint density at radius 2 is 1.69 bits per heavy atom. The van der Waals surface area contributed by atoms with E-state index >= 15 is 0 Å². The smallest absolute Gasteiger partial charge is 0.356 e. The van der Waals surface area contributed by atoms with E-state index in [0.717, 1.165) is 16.8 Å². The normalized spacial score (nSPS) is 10.9. The number of hydrogen-bond acceptors (Lipinski definition) is 7. The van der Waals surface area contributed by atoms with Gasteiger partial charge in [0.05, 0.1) is 45.3 Å². The summed E-state index contributed by atoms with van der Waals surface area (Å²) in [5.41, 5.74) is 3.84. The van der Waals surface area contributed by atoms with Gasteiger partial charge >= 0.3 is 5.97 Å². The van der Waals surface area contributed by atoms with Crippen molar-refractivity contribution >= 4 is 34.3 Å². The van der Waals surface area contributed by atoms with Gasteiger partial charge in [0, 0.05) is 18.5 Å². The summed E-state index contributed by atoms with van der Waals surface area (Å²) in [4.78, 5) is 30.8. The summed E-state index contributed by atoms with van der Waals surface area (Å²) in [6, 6.07) is 17.1. The molecule has 2 heterocycles. The topological polar surface area (TPSA) is 104 Å². The fraction of sp³-hybridized carbons (Fsp3) is 0.300. The van der Waals surface area contributed by atoms with Crippen molar-refractivity contribution in [2.75, 3.05) is 32.0 Å². The van der Waals surface area contributed by atoms with Crippen molar-refractivity contribution in [2.45, 2.75) is 33.4 Å². The summed E-state index contributed by atoms with van der Waals surface area (Å²) in [6.45, 7) is 5.14. The zero-order valence-electron chi connectivity index (χ0n) is 22.9. The molecule has 2 aromatic heterocycles. The Morgan fingerprint density at radius 3 is 2.36 bits per heavy atom. The fourth-order valence-electron chi connectivity index (χ4n) is 4.46. The Hall–Kier alpha value is -4.53. The van der Waals surface area contributed by atoms with Crippen LogP contribution in [0.15, 0.2) is 60.8 Å². The number of amides is 1. The zero-order chi connectivity index (χ0) is 27.9. The van der Waals surface area contributed by atoms with Crippen LogP contribution in [0.3, 0.4) is 0 Å². The van der Waals surface area contributed by atoms with Gasteiger partial charge in [-0.3, -0.25) is 4.79 Å². The van der Waals surface area contributed by atoms with E-state index in [1.165, 1.54) is 7.11 Å². The quantitative estimate of drug-likeness (QED) is 0.254. The van der Waals surface area contributed by atoms with Gasteiger partial charge in [0.2, 0.25) is 5.91 Å². The van der Waals surface area contributed by atoms with Gasteiger partial charge in [-0.05, 0) is 35.2 Å². The van der Waals surface area contributed by atoms with Gasteiger partial charge in [0.15, 0.2) is 17.2 Å². The van der Waals surface area contributed by atoms with Gasteiger partial charge in [-0.2, -0.15) is 0 Å². The van der Waals surface area contributed by atoms with E-state index in [-0.39, 0.29) is 23.9 Å². The number of esters is 1. The lowest BCUT2D eigenvalue weighted by Gasteiger charge is -2.12. The molecule has 39 heavy (non-hydrogen) atoms. The highest BCUT2D eigenvalue weighted by molar-refractivity contribution is 6.11. The number of aromatic nitrogens is 2. The molecule has 0 aliphatic heterocycles. The van der Waals surface area contributed by atoms with Crippen LogP contribution in [0, 0.1) is 5.92 Å². The number of benzene rings is 2. The number of ether oxygens (including phenoxy) is 3. The number of methoxy groups -OCH3 is 3. The molecule has 9 nitrogen and oxygen atoms in total. The lowest BCUT2D eigenvalue weighted by Crippen LogP contribution is -2.19. The average Bonchev–Trinajstić information content (AvgIpc) is 3.23. The van der Waals surface area contributed by atoms with Crippen LogP contribution in [0.4, 0.5) is 11.4 Å². The first kappa shape index (κ1) is 27.5. The molecule has 2 aromatic carbocycles. The molecule has 1 amide bonds. The predicted molar refractivity (Wildman–Crippen MR) is 152 cm³/mol. The molecule has 0 unspecified atom stereocenters. The van der Waals surface area contributed by atoms with Gasteiger partial charge in [-0.25, -0.2) is 9.78 Å². The van der Waals surface area contributed by atoms with Crippen LogP contribution >= 0.6 is 0 Å². The first-order chi connectivity index (χ1) is 18.8. The average molecular weight is 531 g/mol. The molecule has 0 saturated heterocycles. The number of anilines is 2. The van der Waals surface area contributed by atoms with Crippen molar-refractivity contribution in [1.82, 2.24) is 9.55 Å². The lowest BCUT2D eigenvalue weighted by molar-refractivity contribution is -0.115. The van der Waals surface area contributed by atoms with E-state index in [1.54, 1.807) is 20.4 Å². The molecule has 0 bridgehead atoms. The SMILES string of the molecule is COC(=O)c1c(NC(=O)Cc2ccccc2)c2cc(NCc3ccc(OC)c(OC)c3)cnc2n1CC(C)C. The number of nitrogens with one attached hydrogen (secondary N) is 2. The summed E-state index contributed by atoms with van der Waals surface area (Å²) >= 11 is 0. The van der Waals surface area contributed by atoms with Crippen LogP contribution in [0.5, 0.6) is 11.5 Å². The number of rotatable bonds is 11. The first-order valence-corrected chi connectivity index (χ1v) is 12.7. The molecule has 0 aliphatic rings. The van der Waals surface area contributed by atoms with Crippen LogP contribution in [-0.4, -0.2) is 42.8 Å². The summed E-state index contributed by atoms with van der Waals surface area (Å²) in [6.07, 6.45) is 1.89. The Labute approximate surface area is 228 Å². The maximum atomic E-state index is 13.1. The molecule has 0 fully saturated rings. The highest BCUT2D eigenvalue weighted by Gasteiger charge is 2.26. The van der Waals surface area contributed by atoms with E-state index in [4.69, 9.17) is 19.2 Å². The molecule has 0 spiro atoms. The van der Waals surface area contributed by atoms with E-state index in [9.17, 15) is 9.59 Å². The Bertz CT molecular complexity index is 1460. The van der Waals surface area contributed by atoms with Crippen molar-refractivity contribution in [3.63, 3.8) is 0 Å². The van der Waals surface area contributed by atoms with Crippen molar-refractivity contribution < 1.29 is 23.8 Å². The van der Waals surface area contributed by atoms with Crippen molar-refractivity contribution in [1.29, 1.82) is 0 Å². The molecule has 0 atom stereocenters. The van der Waals surface area contributed by atoms with Crippen molar-refractivity contribution in [2.24, 2.45) is 5.92 Å². The summed E-state index contributed by atoms with van der Waals surface area (Å²) in [5.74, 6) is 0.744. The van der Waals surface area contributed by atoms with Crippen LogP contribution < -0.4 is 20.1 Å². The highest BCUT2D eigenvalue weighted by Crippen LogP contribution is 2.34. The van der Waals surface area contributed by atoms with Gasteiger partial charge in [-0.1, -0.05) is 50.2 Å². The number of carbonyl (C=O) groups excluding carboxylic acids is 2. The molecule has 9 heteroatoms. The molecule has 2 N–H and O–H groups in total. The van der Waals surface area contributed by atoms with Gasteiger partial charge in [0.25, 0.3) is 0 Å². The van der Waals surface area contributed by atoms with Gasteiger partial charge in [-0.15, -0.1) is 0 Å². The summed E-state index contributed by atoms with van der Waals surface area (Å²) in [7, 11) is 4.53. The first-order valence-electron chi connectivity index (χ1n) is 12.7. The Balaban J connectivity index is 1.71. The second-order valence-electron chi connectivity index (χ2n) is 9.57. The predicted octanol–water partition coefficient (Wildman–Crippen LogP) is 5.29. The number of hydrogen-bond donors (Lipinski definition) is 2. The van der Waals surface area contributed by atoms with E-state index in [0.29, 0.717) is 41.3 Å². The maximum Gasteiger partial charge on any atom is 0.356 e. The lowest BCUT2D eigenvalue weighted by atomic mass is 10.1. The van der Waals surface area contributed by atoms with Crippen LogP contribution in [0.1, 0.15) is 35.5 Å². The number of carbonyl (C=O) groups is 2. The fourth-order valence-corrected chi connectivity index (χ4v) is 4.46. The molecular formula is C30H34N4O5. The van der Waals surface area contributed by atoms with Gasteiger partial charge in [0.1, 0.15) is 5.65 Å². The molecule has 0 saturated carbocycles. The summed E-state index contributed by atoms with van der Waals surface area (Å²) in [5, 5.41) is 7.01. The minimum atomic E-state index is -0.538. The minimum Gasteiger partial charge on any atom is -0.493 e. The molecule has 4 rings (SSSR count). The number of pyridine rings is 1. The van der Waals surface area contributed by atoms with Gasteiger partial charge < -0.3 is 29.4 Å². The van der Waals surface area contributed by atoms with Crippen molar-refractivity contribution in [3.05, 3.63) is 77.6 Å². The Morgan fingerprint density at radius 1 is 0.949 bits per heavy atom. The maximum absolute atomic E-state index is 13.1. The molecule has 204 valence electrons. The van der Waals surface area contributed by atoms with Crippen LogP contribution in [-0.2, 0) is 29.0 Å². The zero-order valence-corrected chi connectivity index (χ0v) is 22.9. The van der Waals surface area contributed by atoms with Crippen LogP contribution in [0.2, 0.25) is 0 Å². The number of nitrogens with zero attached hydrogens (tertiary/aromatic N) is 2. The Kier molecular flexibility index (Phi) is 8.70. The minimum absolute atomic E-state index is 0.170. The molecule has 0 radical (unpaired) electrons. The van der Waals surface area contributed by atoms with E-state index in [1.807, 2.05) is 59.2 Å². The third-order valence-corrected chi connectivity index (χ3v) is 6.24. The third-order valence-electron chi connectivity index (χ3n) is 6.24. The second-order valence-corrected chi connectivity index (χ2v) is 9.57. The molecule has 4 aromatic rings. The monoisotopic (exact) mass is 530 g/mol. The molecular weight excluding hydrogens is 496 g/mol. The second kappa shape index (κ2) is 12.3. The summed E-state index contributed by atoms with van der Waals surface area (Å²) < 4.78 is 17.7. The highest BCUT2D eigenvalue weighted by atomic mass is 16.5. The third kappa shape index (κ3) is 6.31. The number of fused-ring (bicyclic) bond motifs is 1. The van der Waals surface area contributed by atoms with Crippen LogP contribution in [0.25, 0.3) is 11.0 Å². The largest absolute Gasteiger partial charge is 0.493 e.